The Bertz CT molecular complexity index is 1430. The lowest BCUT2D eigenvalue weighted by Crippen LogP contribution is -2.04. The first kappa shape index (κ1) is 19.6. The van der Waals surface area contributed by atoms with Crippen LogP contribution in [0, 0.1) is 0 Å². The third-order valence-electron chi connectivity index (χ3n) is 5.19. The quantitative estimate of drug-likeness (QED) is 0.354. The lowest BCUT2D eigenvalue weighted by Gasteiger charge is -2.11. The van der Waals surface area contributed by atoms with Gasteiger partial charge in [0.1, 0.15) is 11.5 Å². The lowest BCUT2D eigenvalue weighted by atomic mass is 10.0. The molecular formula is C27H21N3O2. The molecule has 156 valence electrons. The maximum atomic E-state index is 12.0. The van der Waals surface area contributed by atoms with Crippen molar-refractivity contribution in [3.8, 4) is 22.6 Å². The van der Waals surface area contributed by atoms with Crippen LogP contribution in [0.25, 0.3) is 22.0 Å². The summed E-state index contributed by atoms with van der Waals surface area (Å²) in [6, 6.07) is 29.2. The van der Waals surface area contributed by atoms with Crippen molar-refractivity contribution in [2.75, 3.05) is 5.32 Å². The van der Waals surface area contributed by atoms with E-state index in [2.05, 4.69) is 27.4 Å². The van der Waals surface area contributed by atoms with Crippen LogP contribution in [0.4, 0.5) is 5.69 Å². The van der Waals surface area contributed by atoms with Crippen molar-refractivity contribution in [3.05, 3.63) is 119 Å². The van der Waals surface area contributed by atoms with Crippen molar-refractivity contribution in [3.63, 3.8) is 0 Å². The van der Waals surface area contributed by atoms with Gasteiger partial charge in [-0.1, -0.05) is 42.5 Å². The second-order valence-corrected chi connectivity index (χ2v) is 7.47. The molecule has 5 nitrogen and oxygen atoms in total. The van der Waals surface area contributed by atoms with E-state index in [-0.39, 0.29) is 5.56 Å². The average Bonchev–Trinajstić information content (AvgIpc) is 2.84. The van der Waals surface area contributed by atoms with Gasteiger partial charge in [0.2, 0.25) is 0 Å². The van der Waals surface area contributed by atoms with Gasteiger partial charge in [-0.3, -0.25) is 9.78 Å². The first-order valence-corrected chi connectivity index (χ1v) is 10.4. The molecule has 0 radical (unpaired) electrons. The second kappa shape index (κ2) is 8.78. The van der Waals surface area contributed by atoms with E-state index >= 15 is 0 Å². The van der Waals surface area contributed by atoms with E-state index < -0.39 is 0 Å². The summed E-state index contributed by atoms with van der Waals surface area (Å²) >= 11 is 0. The van der Waals surface area contributed by atoms with Crippen LogP contribution in [0.1, 0.15) is 5.56 Å². The van der Waals surface area contributed by atoms with E-state index in [4.69, 9.17) is 4.74 Å². The fourth-order valence-electron chi connectivity index (χ4n) is 3.64. The van der Waals surface area contributed by atoms with Crippen molar-refractivity contribution < 1.29 is 4.74 Å². The zero-order chi connectivity index (χ0) is 21.8. The average molecular weight is 419 g/mol. The Labute approximate surface area is 185 Å². The van der Waals surface area contributed by atoms with E-state index in [0.29, 0.717) is 18.0 Å². The number of nitrogens with one attached hydrogen (secondary N) is 2. The fraction of sp³-hybridized carbons (Fsp3) is 0.0370. The van der Waals surface area contributed by atoms with Crippen molar-refractivity contribution in [2.24, 2.45) is 0 Å². The van der Waals surface area contributed by atoms with Crippen LogP contribution in [-0.4, -0.2) is 9.97 Å². The summed E-state index contributed by atoms with van der Waals surface area (Å²) in [6.07, 6.45) is 3.63. The summed E-state index contributed by atoms with van der Waals surface area (Å²) in [6.45, 7) is 0.704. The molecule has 0 atom stereocenters. The molecule has 0 amide bonds. The van der Waals surface area contributed by atoms with Crippen molar-refractivity contribution >= 4 is 16.6 Å². The second-order valence-electron chi connectivity index (χ2n) is 7.47. The zero-order valence-electron chi connectivity index (χ0n) is 17.3. The number of hydrogen-bond donors (Lipinski definition) is 2. The molecule has 2 N–H and O–H groups in total. The molecular weight excluding hydrogens is 398 g/mol. The highest BCUT2D eigenvalue weighted by Gasteiger charge is 2.07. The molecule has 0 aliphatic heterocycles. The third kappa shape index (κ3) is 4.37. The highest BCUT2D eigenvalue weighted by Crippen LogP contribution is 2.31. The molecule has 0 saturated heterocycles. The van der Waals surface area contributed by atoms with Gasteiger partial charge >= 0.3 is 0 Å². The largest absolute Gasteiger partial charge is 0.456 e. The summed E-state index contributed by atoms with van der Waals surface area (Å²) in [5.74, 6) is 1.21. The number of ether oxygens (including phenoxy) is 1. The van der Waals surface area contributed by atoms with Crippen molar-refractivity contribution in [1.82, 2.24) is 9.97 Å². The summed E-state index contributed by atoms with van der Waals surface area (Å²) < 4.78 is 6.13. The Hall–Kier alpha value is -4.38. The zero-order valence-corrected chi connectivity index (χ0v) is 17.3. The molecule has 0 aliphatic carbocycles. The van der Waals surface area contributed by atoms with Gasteiger partial charge in [0.15, 0.2) is 0 Å². The molecule has 2 heterocycles. The topological polar surface area (TPSA) is 67.0 Å². The van der Waals surface area contributed by atoms with Gasteiger partial charge in [-0.25, -0.2) is 0 Å². The van der Waals surface area contributed by atoms with Crippen LogP contribution >= 0.6 is 0 Å². The van der Waals surface area contributed by atoms with Crippen LogP contribution in [0.2, 0.25) is 0 Å². The maximum absolute atomic E-state index is 12.0. The number of pyridine rings is 2. The summed E-state index contributed by atoms with van der Waals surface area (Å²) in [4.78, 5) is 19.0. The number of nitrogens with zero attached hydrogens (tertiary/aromatic N) is 1. The van der Waals surface area contributed by atoms with Crippen LogP contribution in [0.5, 0.6) is 11.5 Å². The molecule has 0 saturated carbocycles. The van der Waals surface area contributed by atoms with E-state index in [0.717, 1.165) is 33.3 Å². The highest BCUT2D eigenvalue weighted by molar-refractivity contribution is 5.85. The SMILES string of the molecule is O=c1cc(Oc2cccc(-c3cccc(NCc4cccnc4)c3)c2)c2ccccc2[nH]1. The predicted octanol–water partition coefficient (Wildman–Crippen LogP) is 5.99. The normalized spacial score (nSPS) is 10.8. The molecule has 2 aromatic heterocycles. The van der Waals surface area contributed by atoms with E-state index in [1.165, 1.54) is 6.07 Å². The fourth-order valence-corrected chi connectivity index (χ4v) is 3.64. The van der Waals surface area contributed by atoms with Gasteiger partial charge in [-0.15, -0.1) is 0 Å². The molecule has 0 unspecified atom stereocenters. The highest BCUT2D eigenvalue weighted by atomic mass is 16.5. The number of aromatic amines is 1. The first-order chi connectivity index (χ1) is 15.7. The van der Waals surface area contributed by atoms with Crippen molar-refractivity contribution in [2.45, 2.75) is 6.54 Å². The Morgan fingerprint density at radius 2 is 1.69 bits per heavy atom. The molecule has 0 bridgehead atoms. The summed E-state index contributed by atoms with van der Waals surface area (Å²) in [5.41, 5.74) is 4.81. The Balaban J connectivity index is 1.40. The molecule has 3 aromatic carbocycles. The third-order valence-corrected chi connectivity index (χ3v) is 5.19. The number of benzene rings is 3. The van der Waals surface area contributed by atoms with Gasteiger partial charge in [0.05, 0.1) is 5.52 Å². The maximum Gasteiger partial charge on any atom is 0.252 e. The van der Waals surface area contributed by atoms with Gasteiger partial charge in [0.25, 0.3) is 5.56 Å². The van der Waals surface area contributed by atoms with Crippen LogP contribution < -0.4 is 15.6 Å². The number of hydrogen-bond acceptors (Lipinski definition) is 4. The number of aromatic nitrogens is 2. The number of H-pyrrole nitrogens is 1. The lowest BCUT2D eigenvalue weighted by molar-refractivity contribution is 0.487. The van der Waals surface area contributed by atoms with Gasteiger partial charge in [-0.05, 0) is 59.2 Å². The monoisotopic (exact) mass is 419 g/mol. The molecule has 0 aliphatic rings. The standard InChI is InChI=1S/C27H21N3O2/c31-27-16-26(24-11-1-2-12-25(24)30-27)32-23-10-4-8-21(15-23)20-7-3-9-22(14-20)29-18-19-6-5-13-28-17-19/h1-17,29H,18H2,(H,30,31). The van der Waals surface area contributed by atoms with Gasteiger partial charge in [0, 0.05) is 36.1 Å². The molecule has 5 rings (SSSR count). The predicted molar refractivity (Wildman–Crippen MR) is 128 cm³/mol. The molecule has 5 aromatic rings. The molecule has 5 heteroatoms. The summed E-state index contributed by atoms with van der Waals surface area (Å²) in [7, 11) is 0. The number of rotatable bonds is 6. The Kier molecular flexibility index (Phi) is 5.37. The Morgan fingerprint density at radius 1 is 0.844 bits per heavy atom. The Morgan fingerprint density at radius 3 is 2.56 bits per heavy atom. The minimum atomic E-state index is -0.192. The smallest absolute Gasteiger partial charge is 0.252 e. The van der Waals surface area contributed by atoms with Gasteiger partial charge in [-0.2, -0.15) is 0 Å². The minimum absolute atomic E-state index is 0.192. The summed E-state index contributed by atoms with van der Waals surface area (Å²) in [5, 5.41) is 4.30. The van der Waals surface area contributed by atoms with Crippen LogP contribution in [0.15, 0.2) is 108 Å². The van der Waals surface area contributed by atoms with Gasteiger partial charge < -0.3 is 15.0 Å². The van der Waals surface area contributed by atoms with E-state index in [1.807, 2.05) is 79.0 Å². The van der Waals surface area contributed by atoms with Crippen molar-refractivity contribution in [1.29, 1.82) is 0 Å². The van der Waals surface area contributed by atoms with Crippen LogP contribution in [-0.2, 0) is 6.54 Å². The van der Waals surface area contributed by atoms with E-state index in [9.17, 15) is 4.79 Å². The molecule has 0 fully saturated rings. The number of para-hydroxylation sites is 1. The van der Waals surface area contributed by atoms with E-state index in [1.54, 1.807) is 6.20 Å². The first-order valence-electron chi connectivity index (χ1n) is 10.4. The van der Waals surface area contributed by atoms with Crippen LogP contribution in [0.3, 0.4) is 0 Å². The number of anilines is 1. The minimum Gasteiger partial charge on any atom is -0.456 e. The molecule has 32 heavy (non-hydrogen) atoms. The number of fused-ring (bicyclic) bond motifs is 1. The molecule has 0 spiro atoms.